The molecular formula is C23H35NO5. The topological polar surface area (TPSA) is 104 Å². The molecule has 0 spiro atoms. The van der Waals surface area contributed by atoms with E-state index in [-0.39, 0.29) is 11.8 Å². The maximum absolute atomic E-state index is 12.4. The molecule has 0 aromatic heterocycles. The molecule has 0 saturated heterocycles. The number of amides is 1. The molecule has 0 radical (unpaired) electrons. The van der Waals surface area contributed by atoms with Crippen LogP contribution in [0.2, 0.25) is 0 Å². The van der Waals surface area contributed by atoms with Crippen LogP contribution in [0, 0.1) is 17.8 Å². The van der Waals surface area contributed by atoms with Gasteiger partial charge in [-0.15, -0.1) is 0 Å². The monoisotopic (exact) mass is 405 g/mol. The first-order valence-corrected chi connectivity index (χ1v) is 10.5. The molecule has 2 rings (SSSR count). The van der Waals surface area contributed by atoms with Gasteiger partial charge in [-0.25, -0.2) is 4.79 Å². The van der Waals surface area contributed by atoms with Gasteiger partial charge in [-0.3, -0.25) is 9.59 Å². The predicted octanol–water partition coefficient (Wildman–Crippen LogP) is 4.13. The van der Waals surface area contributed by atoms with Crippen molar-refractivity contribution in [3.05, 3.63) is 35.9 Å². The zero-order chi connectivity index (χ0) is 21.8. The van der Waals surface area contributed by atoms with Gasteiger partial charge >= 0.3 is 11.9 Å². The van der Waals surface area contributed by atoms with Gasteiger partial charge in [0.2, 0.25) is 5.91 Å². The van der Waals surface area contributed by atoms with Gasteiger partial charge in [-0.1, -0.05) is 51.1 Å². The number of hydrogen-bond donors (Lipinski definition) is 3. The summed E-state index contributed by atoms with van der Waals surface area (Å²) in [6.45, 7) is 6.30. The van der Waals surface area contributed by atoms with Crippen molar-refractivity contribution in [1.29, 1.82) is 0 Å². The van der Waals surface area contributed by atoms with Crippen LogP contribution in [0.3, 0.4) is 0 Å². The molecule has 29 heavy (non-hydrogen) atoms. The third-order valence-electron chi connectivity index (χ3n) is 5.45. The van der Waals surface area contributed by atoms with E-state index in [9.17, 15) is 19.5 Å². The number of rotatable bonds is 8. The lowest BCUT2D eigenvalue weighted by Gasteiger charge is -2.30. The zero-order valence-electron chi connectivity index (χ0n) is 17.8. The summed E-state index contributed by atoms with van der Waals surface area (Å²) in [5.41, 5.74) is 0.920. The highest BCUT2D eigenvalue weighted by Gasteiger charge is 2.30. The fourth-order valence-corrected chi connectivity index (χ4v) is 3.60. The molecule has 3 N–H and O–H groups in total. The van der Waals surface area contributed by atoms with Gasteiger partial charge in [0.05, 0.1) is 0 Å². The van der Waals surface area contributed by atoms with E-state index >= 15 is 0 Å². The minimum absolute atomic E-state index is 0.0392. The average Bonchev–Trinajstić information content (AvgIpc) is 2.68. The van der Waals surface area contributed by atoms with Gasteiger partial charge in [0.15, 0.2) is 0 Å². The number of aliphatic carboxylic acids is 2. The molecule has 1 aliphatic rings. The first kappa shape index (κ1) is 24.7. The molecule has 1 saturated carbocycles. The van der Waals surface area contributed by atoms with Crippen molar-refractivity contribution in [1.82, 2.24) is 5.32 Å². The molecule has 0 unspecified atom stereocenters. The lowest BCUT2D eigenvalue weighted by molar-refractivity contribution is -0.142. The first-order chi connectivity index (χ1) is 13.7. The maximum atomic E-state index is 12.4. The number of carbonyl (C=O) groups excluding carboxylic acids is 1. The van der Waals surface area contributed by atoms with Gasteiger partial charge in [-0.05, 0) is 49.5 Å². The Morgan fingerprint density at radius 1 is 1.03 bits per heavy atom. The second kappa shape index (κ2) is 13.0. The van der Waals surface area contributed by atoms with Crippen LogP contribution < -0.4 is 5.32 Å². The molecule has 1 aromatic carbocycles. The van der Waals surface area contributed by atoms with Crippen LogP contribution in [0.1, 0.15) is 64.9 Å². The molecule has 0 bridgehead atoms. The van der Waals surface area contributed by atoms with Crippen LogP contribution >= 0.6 is 0 Å². The van der Waals surface area contributed by atoms with Crippen molar-refractivity contribution < 1.29 is 24.6 Å². The molecular weight excluding hydrogens is 370 g/mol. The summed E-state index contributed by atoms with van der Waals surface area (Å²) in [5.74, 6) is -0.476. The van der Waals surface area contributed by atoms with Crippen molar-refractivity contribution in [2.45, 2.75) is 71.8 Å². The Morgan fingerprint density at radius 3 is 2.03 bits per heavy atom. The van der Waals surface area contributed by atoms with E-state index in [0.717, 1.165) is 37.7 Å². The Labute approximate surface area is 173 Å². The highest BCUT2D eigenvalue weighted by Crippen LogP contribution is 2.33. The zero-order valence-corrected chi connectivity index (χ0v) is 17.8. The third kappa shape index (κ3) is 9.59. The molecule has 6 nitrogen and oxygen atoms in total. The molecule has 0 aliphatic heterocycles. The van der Waals surface area contributed by atoms with Crippen molar-refractivity contribution in [2.24, 2.45) is 17.8 Å². The van der Waals surface area contributed by atoms with E-state index in [1.807, 2.05) is 37.3 Å². The van der Waals surface area contributed by atoms with E-state index in [2.05, 4.69) is 19.2 Å². The summed E-state index contributed by atoms with van der Waals surface area (Å²) >= 11 is 0. The van der Waals surface area contributed by atoms with Gasteiger partial charge in [-0.2, -0.15) is 0 Å². The highest BCUT2D eigenvalue weighted by atomic mass is 16.4. The largest absolute Gasteiger partial charge is 0.481 e. The van der Waals surface area contributed by atoms with Crippen molar-refractivity contribution in [3.8, 4) is 0 Å². The van der Waals surface area contributed by atoms with Gasteiger partial charge in [0.1, 0.15) is 6.04 Å². The molecule has 0 heterocycles. The Balaban J connectivity index is 0.000000612. The van der Waals surface area contributed by atoms with Crippen LogP contribution in [0.4, 0.5) is 0 Å². The number of carboxylic acid groups (broad SMARTS) is 2. The maximum Gasteiger partial charge on any atom is 0.326 e. The Hall–Kier alpha value is -2.37. The summed E-state index contributed by atoms with van der Waals surface area (Å²) in [4.78, 5) is 33.5. The Morgan fingerprint density at radius 2 is 1.62 bits per heavy atom. The molecule has 1 aromatic rings. The molecule has 1 fully saturated rings. The average molecular weight is 406 g/mol. The van der Waals surface area contributed by atoms with E-state index < -0.39 is 18.0 Å². The van der Waals surface area contributed by atoms with E-state index in [1.54, 1.807) is 0 Å². The molecule has 6 heteroatoms. The number of carboxylic acids is 2. The van der Waals surface area contributed by atoms with Crippen LogP contribution in [0.5, 0.6) is 0 Å². The molecule has 1 amide bonds. The van der Waals surface area contributed by atoms with Crippen molar-refractivity contribution in [2.75, 3.05) is 0 Å². The fourth-order valence-electron chi connectivity index (χ4n) is 3.60. The number of benzene rings is 1. The van der Waals surface area contributed by atoms with Gasteiger partial charge < -0.3 is 15.5 Å². The lowest BCUT2D eigenvalue weighted by Crippen LogP contribution is -2.45. The van der Waals surface area contributed by atoms with Crippen LogP contribution in [0.15, 0.2) is 30.3 Å². The van der Waals surface area contributed by atoms with Crippen molar-refractivity contribution in [3.63, 3.8) is 0 Å². The number of hydrogen-bond acceptors (Lipinski definition) is 3. The van der Waals surface area contributed by atoms with E-state index in [4.69, 9.17) is 5.11 Å². The van der Waals surface area contributed by atoms with Crippen LogP contribution in [-0.4, -0.2) is 34.1 Å². The fraction of sp³-hybridized carbons (Fsp3) is 0.609. The van der Waals surface area contributed by atoms with Crippen molar-refractivity contribution >= 4 is 17.8 Å². The molecule has 1 atom stereocenters. The van der Waals surface area contributed by atoms with Crippen LogP contribution in [0.25, 0.3) is 0 Å². The van der Waals surface area contributed by atoms with Gasteiger partial charge in [0, 0.05) is 18.8 Å². The summed E-state index contributed by atoms with van der Waals surface area (Å²) in [7, 11) is 0. The summed E-state index contributed by atoms with van der Waals surface area (Å²) in [5, 5.41) is 20.0. The van der Waals surface area contributed by atoms with Gasteiger partial charge in [0.25, 0.3) is 0 Å². The molecule has 162 valence electrons. The molecule has 1 aliphatic carbocycles. The highest BCUT2D eigenvalue weighted by molar-refractivity contribution is 5.85. The standard InChI is InChI=1S/C19H27NO3.C4H8O2/c1-13(2)15-8-10-16(11-9-15)18(21)20-17(19(22)23)12-14-6-4-3-5-7-14;1-2-3-4(5)6/h3-7,13,15-17H,8-12H2,1-2H3,(H,20,21)(H,22,23);2-3H2,1H3,(H,5,6)/t15?,16?,17-;/m1./s1. The summed E-state index contributed by atoms with van der Waals surface area (Å²) < 4.78 is 0. The lowest BCUT2D eigenvalue weighted by atomic mass is 9.76. The SMILES string of the molecule is CC(C)C1CCC(C(=O)N[C@H](Cc2ccccc2)C(=O)O)CC1.CCCC(=O)O. The minimum Gasteiger partial charge on any atom is -0.481 e. The second-order valence-electron chi connectivity index (χ2n) is 8.09. The Bertz CT molecular complexity index is 636. The smallest absolute Gasteiger partial charge is 0.326 e. The quantitative estimate of drug-likeness (QED) is 0.603. The van der Waals surface area contributed by atoms with Crippen LogP contribution in [-0.2, 0) is 20.8 Å². The van der Waals surface area contributed by atoms with E-state index in [1.165, 1.54) is 0 Å². The number of nitrogens with one attached hydrogen (secondary N) is 1. The first-order valence-electron chi connectivity index (χ1n) is 10.5. The predicted molar refractivity (Wildman–Crippen MR) is 113 cm³/mol. The Kier molecular flexibility index (Phi) is 11.0. The third-order valence-corrected chi connectivity index (χ3v) is 5.45. The van der Waals surface area contributed by atoms with E-state index in [0.29, 0.717) is 24.7 Å². The second-order valence-corrected chi connectivity index (χ2v) is 8.09. The normalized spacial score (nSPS) is 19.6. The summed E-state index contributed by atoms with van der Waals surface area (Å²) in [6, 6.07) is 8.57. The number of carbonyl (C=O) groups is 3. The minimum atomic E-state index is -0.974. The summed E-state index contributed by atoms with van der Waals surface area (Å²) in [6.07, 6.45) is 5.20.